The molecule has 9 nitrogen and oxygen atoms in total. The predicted octanol–water partition coefficient (Wildman–Crippen LogP) is 2.36. The fourth-order valence-electron chi connectivity index (χ4n) is 2.53. The molecule has 0 radical (unpaired) electrons. The Kier molecular flexibility index (Phi) is 11.9. The van der Waals surface area contributed by atoms with E-state index in [4.69, 9.17) is 23.4 Å². The quantitative estimate of drug-likeness (QED) is 0.165. The summed E-state index contributed by atoms with van der Waals surface area (Å²) < 4.78 is 32.6. The molecular weight excluding hydrogens is 427 g/mol. The highest BCUT2D eigenvalue weighted by molar-refractivity contribution is 7.48. The number of esters is 1. The zero-order valence-corrected chi connectivity index (χ0v) is 18.8. The highest BCUT2D eigenvalue weighted by Crippen LogP contribution is 2.50. The van der Waals surface area contributed by atoms with Gasteiger partial charge in [0.1, 0.15) is 17.8 Å². The molecule has 1 aliphatic rings. The Bertz CT molecular complexity index is 744. The van der Waals surface area contributed by atoms with Gasteiger partial charge >= 0.3 is 13.8 Å². The normalized spacial score (nSPS) is 21.9. The number of phosphoric ester groups is 1. The van der Waals surface area contributed by atoms with Crippen LogP contribution >= 0.6 is 7.82 Å². The molecule has 0 aromatic carbocycles. The van der Waals surface area contributed by atoms with Crippen LogP contribution in [-0.4, -0.2) is 66.0 Å². The Hall–Kier alpha value is -1.84. The summed E-state index contributed by atoms with van der Waals surface area (Å²) >= 11 is 0. The summed E-state index contributed by atoms with van der Waals surface area (Å²) in [5.74, 6) is -0.487. The van der Waals surface area contributed by atoms with Crippen molar-refractivity contribution < 1.29 is 43.0 Å². The van der Waals surface area contributed by atoms with Gasteiger partial charge in [-0.1, -0.05) is 48.6 Å². The molecule has 0 aromatic heterocycles. The van der Waals surface area contributed by atoms with Crippen molar-refractivity contribution in [3.63, 3.8) is 0 Å². The number of carbonyl (C=O) groups excluding carboxylic acids is 1. The van der Waals surface area contributed by atoms with Crippen LogP contribution in [0.2, 0.25) is 0 Å². The Morgan fingerprint density at radius 2 is 1.97 bits per heavy atom. The Morgan fingerprint density at radius 3 is 2.58 bits per heavy atom. The van der Waals surface area contributed by atoms with E-state index in [1.165, 1.54) is 31.2 Å². The van der Waals surface area contributed by atoms with Crippen molar-refractivity contribution in [1.29, 1.82) is 0 Å². The standard InChI is InChI=1S/C21H31O9P/c1-21(25,14-13-18-11-9-12-20(24)29-18)19(30-31(26,27-2)28-3)16-17(23)10-7-5-4-6-8-15-22/h4-10,12-14,17-19,22-23,25H,11,15-16H2,1-3H3. The average Bonchev–Trinajstić information content (AvgIpc) is 2.74. The Morgan fingerprint density at radius 1 is 1.29 bits per heavy atom. The number of rotatable bonds is 13. The maximum Gasteiger partial charge on any atom is 0.474 e. The lowest BCUT2D eigenvalue weighted by atomic mass is 9.93. The molecule has 0 aliphatic carbocycles. The molecule has 10 heteroatoms. The minimum absolute atomic E-state index is 0.0757. The molecule has 0 spiro atoms. The summed E-state index contributed by atoms with van der Waals surface area (Å²) in [4.78, 5) is 11.4. The van der Waals surface area contributed by atoms with Gasteiger partial charge in [-0.15, -0.1) is 0 Å². The molecule has 0 bridgehead atoms. The van der Waals surface area contributed by atoms with Crippen molar-refractivity contribution in [2.75, 3.05) is 20.8 Å². The topological polar surface area (TPSA) is 132 Å². The second-order valence-corrected chi connectivity index (χ2v) is 8.62. The first-order valence-corrected chi connectivity index (χ1v) is 11.1. The van der Waals surface area contributed by atoms with Gasteiger partial charge in [0.25, 0.3) is 0 Å². The van der Waals surface area contributed by atoms with Gasteiger partial charge in [-0.3, -0.25) is 13.6 Å². The summed E-state index contributed by atoms with van der Waals surface area (Å²) in [6, 6.07) is 0. The van der Waals surface area contributed by atoms with Crippen LogP contribution in [0, 0.1) is 0 Å². The second-order valence-electron chi connectivity index (χ2n) is 6.79. The number of hydrogen-bond donors (Lipinski definition) is 3. The molecule has 4 atom stereocenters. The van der Waals surface area contributed by atoms with E-state index in [2.05, 4.69) is 0 Å². The van der Waals surface area contributed by atoms with Crippen LogP contribution in [0.1, 0.15) is 19.8 Å². The molecule has 1 heterocycles. The number of ether oxygens (including phenoxy) is 1. The molecule has 31 heavy (non-hydrogen) atoms. The van der Waals surface area contributed by atoms with Crippen molar-refractivity contribution in [3.05, 3.63) is 60.8 Å². The molecule has 174 valence electrons. The van der Waals surface area contributed by atoms with Gasteiger partial charge in [0.2, 0.25) is 0 Å². The molecule has 0 fully saturated rings. The van der Waals surface area contributed by atoms with E-state index in [0.717, 1.165) is 14.2 Å². The largest absolute Gasteiger partial charge is 0.474 e. The van der Waals surface area contributed by atoms with E-state index >= 15 is 0 Å². The molecule has 1 aliphatic heterocycles. The maximum atomic E-state index is 12.5. The zero-order valence-electron chi connectivity index (χ0n) is 17.9. The predicted molar refractivity (Wildman–Crippen MR) is 115 cm³/mol. The minimum Gasteiger partial charge on any atom is -0.455 e. The summed E-state index contributed by atoms with van der Waals surface area (Å²) in [6.07, 6.45) is 12.8. The van der Waals surface area contributed by atoms with Crippen LogP contribution in [0.3, 0.4) is 0 Å². The summed E-state index contributed by atoms with van der Waals surface area (Å²) in [7, 11) is -1.69. The number of hydrogen-bond acceptors (Lipinski definition) is 9. The molecule has 0 saturated heterocycles. The first kappa shape index (κ1) is 27.2. The number of cyclic esters (lactones) is 1. The van der Waals surface area contributed by atoms with E-state index < -0.39 is 37.7 Å². The molecule has 4 unspecified atom stereocenters. The number of aliphatic hydroxyl groups is 3. The fraction of sp³-hybridized carbons (Fsp3) is 0.476. The molecule has 0 amide bonds. The smallest absolute Gasteiger partial charge is 0.455 e. The minimum atomic E-state index is -3.97. The second kappa shape index (κ2) is 13.5. The molecule has 1 rings (SSSR count). The zero-order chi connectivity index (χ0) is 23.3. The fourth-order valence-corrected chi connectivity index (χ4v) is 3.46. The van der Waals surface area contributed by atoms with E-state index in [1.54, 1.807) is 36.5 Å². The lowest BCUT2D eigenvalue weighted by molar-refractivity contribution is -0.141. The van der Waals surface area contributed by atoms with Crippen LogP contribution in [0.15, 0.2) is 60.8 Å². The number of aliphatic hydroxyl groups excluding tert-OH is 2. The first-order valence-electron chi connectivity index (χ1n) is 9.63. The highest BCUT2D eigenvalue weighted by Gasteiger charge is 2.39. The molecule has 0 aromatic rings. The lowest BCUT2D eigenvalue weighted by Gasteiger charge is -2.33. The van der Waals surface area contributed by atoms with Crippen molar-refractivity contribution in [1.82, 2.24) is 0 Å². The monoisotopic (exact) mass is 458 g/mol. The summed E-state index contributed by atoms with van der Waals surface area (Å²) in [6.45, 7) is 1.33. The van der Waals surface area contributed by atoms with Gasteiger partial charge in [-0.25, -0.2) is 9.36 Å². The SMILES string of the molecule is COP(=O)(OC)OC(CC(O)C=CC=CC=CCO)C(C)(O)C=CC1CC=CC(=O)O1. The van der Waals surface area contributed by atoms with Crippen LogP contribution in [-0.2, 0) is 27.7 Å². The summed E-state index contributed by atoms with van der Waals surface area (Å²) in [5.41, 5.74) is -1.71. The van der Waals surface area contributed by atoms with Gasteiger partial charge in [-0.05, 0) is 13.0 Å². The Labute approximate surface area is 182 Å². The van der Waals surface area contributed by atoms with Crippen LogP contribution in [0.5, 0.6) is 0 Å². The van der Waals surface area contributed by atoms with E-state index in [1.807, 2.05) is 0 Å². The van der Waals surface area contributed by atoms with Crippen molar-refractivity contribution in [2.24, 2.45) is 0 Å². The van der Waals surface area contributed by atoms with Gasteiger partial charge in [-0.2, -0.15) is 0 Å². The third kappa shape index (κ3) is 10.3. The third-order valence-electron chi connectivity index (χ3n) is 4.26. The van der Waals surface area contributed by atoms with Crippen LogP contribution in [0.25, 0.3) is 0 Å². The van der Waals surface area contributed by atoms with E-state index in [0.29, 0.717) is 6.42 Å². The van der Waals surface area contributed by atoms with Crippen molar-refractivity contribution in [2.45, 2.75) is 43.7 Å². The highest BCUT2D eigenvalue weighted by atomic mass is 31.2. The van der Waals surface area contributed by atoms with Crippen molar-refractivity contribution >= 4 is 13.8 Å². The van der Waals surface area contributed by atoms with E-state index in [-0.39, 0.29) is 13.0 Å². The van der Waals surface area contributed by atoms with Gasteiger partial charge in [0, 0.05) is 33.1 Å². The van der Waals surface area contributed by atoms with E-state index in [9.17, 15) is 19.6 Å². The van der Waals surface area contributed by atoms with Crippen LogP contribution in [0.4, 0.5) is 0 Å². The molecular formula is C21H31O9P. The Balaban J connectivity index is 2.95. The van der Waals surface area contributed by atoms with Gasteiger partial charge < -0.3 is 20.1 Å². The van der Waals surface area contributed by atoms with Gasteiger partial charge in [0.05, 0.1) is 12.7 Å². The summed E-state index contributed by atoms with van der Waals surface area (Å²) in [5, 5.41) is 30.0. The first-order chi connectivity index (χ1) is 14.7. The van der Waals surface area contributed by atoms with Crippen molar-refractivity contribution in [3.8, 4) is 0 Å². The van der Waals surface area contributed by atoms with Gasteiger partial charge in [0.15, 0.2) is 0 Å². The molecule has 0 saturated carbocycles. The van der Waals surface area contributed by atoms with Crippen LogP contribution < -0.4 is 0 Å². The third-order valence-corrected chi connectivity index (χ3v) is 5.66. The maximum absolute atomic E-state index is 12.5. The lowest BCUT2D eigenvalue weighted by Crippen LogP contribution is -2.41. The number of carbonyl (C=O) groups is 1. The molecule has 3 N–H and O–H groups in total. The number of allylic oxidation sites excluding steroid dienone is 4. The number of phosphoric acid groups is 1. The average molecular weight is 458 g/mol.